The van der Waals surface area contributed by atoms with Crippen LogP contribution in [0.5, 0.6) is 0 Å². The molecule has 0 N–H and O–H groups in total. The molecule has 7 nitrogen and oxygen atoms in total. The lowest BCUT2D eigenvalue weighted by molar-refractivity contribution is -0.0383. The topological polar surface area (TPSA) is 69.7 Å². The monoisotopic (exact) mass is 399 g/mol. The van der Waals surface area contributed by atoms with Gasteiger partial charge in [0.1, 0.15) is 11.8 Å². The molecule has 0 unspecified atom stereocenters. The molecule has 5 rings (SSSR count). The Morgan fingerprint density at radius 2 is 2.04 bits per heavy atom. The van der Waals surface area contributed by atoms with Crippen molar-refractivity contribution >= 4 is 17.5 Å². The molecule has 0 radical (unpaired) electrons. The van der Waals surface area contributed by atoms with Crippen LogP contribution >= 0.6 is 11.6 Å². The van der Waals surface area contributed by atoms with Crippen LogP contribution in [-0.4, -0.2) is 59.1 Å². The molecule has 0 bridgehead atoms. The molecule has 1 amide bonds. The normalized spacial score (nSPS) is 21.7. The minimum absolute atomic E-state index is 0.0689. The molecule has 0 aliphatic carbocycles. The minimum atomic E-state index is -0.135. The summed E-state index contributed by atoms with van der Waals surface area (Å²) in [5.41, 5.74) is 1.84. The quantitative estimate of drug-likeness (QED) is 0.677. The first-order valence-electron chi connectivity index (χ1n) is 9.11. The van der Waals surface area contributed by atoms with Gasteiger partial charge in [-0.05, 0) is 36.4 Å². The molecule has 2 fully saturated rings. The largest absolute Gasteiger partial charge is 0.463 e. The predicted molar refractivity (Wildman–Crippen MR) is 102 cm³/mol. The van der Waals surface area contributed by atoms with Gasteiger partial charge in [-0.1, -0.05) is 11.6 Å². The number of ether oxygens (including phenoxy) is 2. The Morgan fingerprint density at radius 3 is 2.82 bits per heavy atom. The van der Waals surface area contributed by atoms with Crippen LogP contribution < -0.4 is 0 Å². The second-order valence-electron chi connectivity index (χ2n) is 6.79. The van der Waals surface area contributed by atoms with E-state index in [0.717, 1.165) is 5.69 Å². The van der Waals surface area contributed by atoms with Gasteiger partial charge in [-0.25, -0.2) is 4.68 Å². The summed E-state index contributed by atoms with van der Waals surface area (Å²) in [7, 11) is 0. The van der Waals surface area contributed by atoms with Crippen molar-refractivity contribution in [2.24, 2.45) is 0 Å². The fourth-order valence-electron chi connectivity index (χ4n) is 3.71. The van der Waals surface area contributed by atoms with Crippen LogP contribution in [0.2, 0.25) is 5.02 Å². The summed E-state index contributed by atoms with van der Waals surface area (Å²) < 4.78 is 18.5. The van der Waals surface area contributed by atoms with E-state index in [9.17, 15) is 4.79 Å². The molecule has 2 aliphatic rings. The zero-order valence-corrected chi connectivity index (χ0v) is 15.7. The molecular formula is C20H18ClN3O4. The molecular weight excluding hydrogens is 382 g/mol. The number of carbonyl (C=O) groups is 1. The Kier molecular flexibility index (Phi) is 4.43. The number of nitrogens with zero attached hydrogens (tertiary/aromatic N) is 3. The van der Waals surface area contributed by atoms with Gasteiger partial charge in [0.25, 0.3) is 5.91 Å². The van der Waals surface area contributed by atoms with Crippen LogP contribution in [0.15, 0.2) is 53.1 Å². The predicted octanol–water partition coefficient (Wildman–Crippen LogP) is 3.03. The van der Waals surface area contributed by atoms with Gasteiger partial charge in [-0.3, -0.25) is 4.79 Å². The van der Waals surface area contributed by atoms with E-state index >= 15 is 0 Å². The lowest BCUT2D eigenvalue weighted by Crippen LogP contribution is -2.53. The molecule has 4 heterocycles. The van der Waals surface area contributed by atoms with Crippen molar-refractivity contribution in [1.82, 2.24) is 14.7 Å². The van der Waals surface area contributed by atoms with Gasteiger partial charge in [-0.2, -0.15) is 5.10 Å². The molecule has 3 aromatic rings. The minimum Gasteiger partial charge on any atom is -0.463 e. The number of hydrogen-bond donors (Lipinski definition) is 0. The van der Waals surface area contributed by atoms with Crippen LogP contribution in [0, 0.1) is 0 Å². The van der Waals surface area contributed by atoms with E-state index in [2.05, 4.69) is 5.10 Å². The van der Waals surface area contributed by atoms with Gasteiger partial charge < -0.3 is 18.8 Å². The lowest BCUT2D eigenvalue weighted by atomic mass is 10.1. The smallest absolute Gasteiger partial charge is 0.274 e. The van der Waals surface area contributed by atoms with Crippen LogP contribution in [0.4, 0.5) is 0 Å². The fourth-order valence-corrected chi connectivity index (χ4v) is 3.83. The van der Waals surface area contributed by atoms with E-state index in [1.807, 2.05) is 23.1 Å². The number of aromatic nitrogens is 2. The Hall–Kier alpha value is -2.61. The van der Waals surface area contributed by atoms with Gasteiger partial charge in [0, 0.05) is 17.6 Å². The highest BCUT2D eigenvalue weighted by Crippen LogP contribution is 2.28. The molecule has 2 atom stereocenters. The molecule has 2 saturated heterocycles. The third-order valence-corrected chi connectivity index (χ3v) is 5.35. The second-order valence-corrected chi connectivity index (χ2v) is 7.23. The molecule has 0 saturated carbocycles. The number of hydrogen-bond acceptors (Lipinski definition) is 5. The Labute approximate surface area is 166 Å². The van der Waals surface area contributed by atoms with Gasteiger partial charge >= 0.3 is 0 Å². The molecule has 28 heavy (non-hydrogen) atoms. The summed E-state index contributed by atoms with van der Waals surface area (Å²) >= 11 is 6.01. The summed E-state index contributed by atoms with van der Waals surface area (Å²) in [5, 5.41) is 5.23. The number of halogens is 1. The summed E-state index contributed by atoms with van der Waals surface area (Å²) in [4.78, 5) is 15.1. The average Bonchev–Trinajstić information content (AvgIpc) is 3.47. The second kappa shape index (κ2) is 7.09. The van der Waals surface area contributed by atoms with E-state index in [1.165, 1.54) is 0 Å². The van der Waals surface area contributed by atoms with Crippen LogP contribution in [0.25, 0.3) is 17.1 Å². The fraction of sp³-hybridized carbons (Fsp3) is 0.300. The van der Waals surface area contributed by atoms with Crippen molar-refractivity contribution in [3.63, 3.8) is 0 Å². The van der Waals surface area contributed by atoms with E-state index < -0.39 is 0 Å². The van der Waals surface area contributed by atoms with Crippen molar-refractivity contribution in [2.45, 2.75) is 12.1 Å². The average molecular weight is 400 g/mol. The first-order chi connectivity index (χ1) is 13.7. The maximum absolute atomic E-state index is 13.3. The maximum atomic E-state index is 13.3. The summed E-state index contributed by atoms with van der Waals surface area (Å²) in [6, 6.07) is 12.6. The number of benzene rings is 1. The summed E-state index contributed by atoms with van der Waals surface area (Å²) in [6.45, 7) is 2.02. The zero-order valence-electron chi connectivity index (χ0n) is 15.0. The lowest BCUT2D eigenvalue weighted by Gasteiger charge is -2.35. The molecule has 8 heteroatoms. The van der Waals surface area contributed by atoms with Crippen LogP contribution in [0.3, 0.4) is 0 Å². The number of rotatable bonds is 3. The number of furan rings is 1. The Balaban J connectivity index is 1.54. The van der Waals surface area contributed by atoms with Crippen molar-refractivity contribution < 1.29 is 18.7 Å². The Bertz CT molecular complexity index is 984. The highest BCUT2D eigenvalue weighted by molar-refractivity contribution is 6.30. The van der Waals surface area contributed by atoms with E-state index in [1.54, 1.807) is 35.2 Å². The molecule has 0 spiro atoms. The zero-order chi connectivity index (χ0) is 19.1. The van der Waals surface area contributed by atoms with Crippen molar-refractivity contribution in [3.8, 4) is 17.1 Å². The Morgan fingerprint density at radius 1 is 1.18 bits per heavy atom. The SMILES string of the molecule is O=C(c1cc(-c2ccco2)n(-c2ccc(Cl)cc2)n1)N1CCO[C@@H]2COC[C@H]21. The van der Waals surface area contributed by atoms with Gasteiger partial charge in [0.05, 0.1) is 37.8 Å². The maximum Gasteiger partial charge on any atom is 0.274 e. The molecule has 1 aromatic carbocycles. The molecule has 2 aliphatic heterocycles. The van der Waals surface area contributed by atoms with Gasteiger partial charge in [0.15, 0.2) is 11.5 Å². The highest BCUT2D eigenvalue weighted by atomic mass is 35.5. The van der Waals surface area contributed by atoms with Crippen molar-refractivity contribution in [2.75, 3.05) is 26.4 Å². The van der Waals surface area contributed by atoms with E-state index in [0.29, 0.717) is 48.5 Å². The third-order valence-electron chi connectivity index (χ3n) is 5.10. The molecule has 144 valence electrons. The van der Waals surface area contributed by atoms with Crippen molar-refractivity contribution in [3.05, 3.63) is 59.4 Å². The number of amides is 1. The van der Waals surface area contributed by atoms with Crippen molar-refractivity contribution in [1.29, 1.82) is 0 Å². The van der Waals surface area contributed by atoms with E-state index in [-0.39, 0.29) is 18.1 Å². The first kappa shape index (κ1) is 17.5. The number of morpholine rings is 1. The van der Waals surface area contributed by atoms with E-state index in [4.69, 9.17) is 25.5 Å². The van der Waals surface area contributed by atoms with Crippen LogP contribution in [-0.2, 0) is 9.47 Å². The van der Waals surface area contributed by atoms with Gasteiger partial charge in [0.2, 0.25) is 0 Å². The third kappa shape index (κ3) is 3.01. The molecule has 2 aromatic heterocycles. The highest BCUT2D eigenvalue weighted by Gasteiger charge is 2.40. The van der Waals surface area contributed by atoms with Gasteiger partial charge in [-0.15, -0.1) is 0 Å². The first-order valence-corrected chi connectivity index (χ1v) is 9.49. The summed E-state index contributed by atoms with van der Waals surface area (Å²) in [6.07, 6.45) is 1.53. The number of carbonyl (C=O) groups excluding carboxylic acids is 1. The van der Waals surface area contributed by atoms with Crippen LogP contribution in [0.1, 0.15) is 10.5 Å². The summed E-state index contributed by atoms with van der Waals surface area (Å²) in [5.74, 6) is 0.495. The standard InChI is InChI=1S/C20H18ClN3O4/c21-13-3-5-14(6-4-13)24-16(18-2-1-8-27-18)10-15(22-24)20(25)23-7-9-28-19-12-26-11-17(19)23/h1-6,8,10,17,19H,7,9,11-12H2/t17-,19-/m1/s1. The number of fused-ring (bicyclic) bond motifs is 1.